The molecule has 0 fully saturated rings. The van der Waals surface area contributed by atoms with Crippen molar-refractivity contribution in [1.82, 2.24) is 10.3 Å². The highest BCUT2D eigenvalue weighted by atomic mass is 16.1. The van der Waals surface area contributed by atoms with Crippen LogP contribution >= 0.6 is 0 Å². The second-order valence-corrected chi connectivity index (χ2v) is 4.25. The molecule has 0 aliphatic carbocycles. The van der Waals surface area contributed by atoms with E-state index in [1.807, 2.05) is 26.0 Å². The number of anilines is 2. The number of nitrogen functional groups attached to an aromatic ring is 1. The zero-order valence-corrected chi connectivity index (χ0v) is 11.1. The molecule has 0 unspecified atom stereocenters. The zero-order valence-electron chi connectivity index (χ0n) is 11.1. The van der Waals surface area contributed by atoms with Gasteiger partial charge in [0.15, 0.2) is 0 Å². The number of amides is 1. The number of nitrogens with one attached hydrogen (secondary N) is 2. The van der Waals surface area contributed by atoms with Crippen molar-refractivity contribution in [1.29, 1.82) is 0 Å². The molecule has 0 aromatic carbocycles. The van der Waals surface area contributed by atoms with Crippen LogP contribution in [0.4, 0.5) is 11.5 Å². The predicted molar refractivity (Wildman–Crippen MR) is 74.4 cm³/mol. The maximum Gasteiger partial charge on any atom is 0.219 e. The van der Waals surface area contributed by atoms with Gasteiger partial charge in [0.2, 0.25) is 5.91 Å². The van der Waals surface area contributed by atoms with Crippen LogP contribution in [0.15, 0.2) is 12.1 Å². The summed E-state index contributed by atoms with van der Waals surface area (Å²) in [6.07, 6.45) is 2.37. The van der Waals surface area contributed by atoms with E-state index in [4.69, 9.17) is 5.73 Å². The number of aryl methyl sites for hydroxylation is 1. The second kappa shape index (κ2) is 7.53. The van der Waals surface area contributed by atoms with Gasteiger partial charge in [0.05, 0.1) is 11.4 Å². The van der Waals surface area contributed by atoms with E-state index in [9.17, 15) is 4.79 Å². The van der Waals surface area contributed by atoms with E-state index in [1.54, 1.807) is 0 Å². The Balaban J connectivity index is 2.18. The third kappa shape index (κ3) is 5.03. The van der Waals surface area contributed by atoms with Crippen LogP contribution in [0.2, 0.25) is 0 Å². The molecule has 0 saturated carbocycles. The molecule has 18 heavy (non-hydrogen) atoms. The predicted octanol–water partition coefficient (Wildman–Crippen LogP) is 1.69. The minimum absolute atomic E-state index is 0.124. The molecule has 0 radical (unpaired) electrons. The van der Waals surface area contributed by atoms with Gasteiger partial charge in [-0.15, -0.1) is 0 Å². The van der Waals surface area contributed by atoms with Crippen molar-refractivity contribution >= 4 is 17.4 Å². The lowest BCUT2D eigenvalue weighted by Gasteiger charge is -2.08. The van der Waals surface area contributed by atoms with Crippen LogP contribution in [-0.4, -0.2) is 24.0 Å². The van der Waals surface area contributed by atoms with E-state index in [-0.39, 0.29) is 5.91 Å². The number of hydrogen-bond donors (Lipinski definition) is 3. The molecule has 0 aliphatic heterocycles. The highest BCUT2D eigenvalue weighted by Crippen LogP contribution is 2.11. The van der Waals surface area contributed by atoms with Gasteiger partial charge in [-0.1, -0.05) is 6.92 Å². The fourth-order valence-corrected chi connectivity index (χ4v) is 1.52. The third-order valence-electron chi connectivity index (χ3n) is 2.59. The van der Waals surface area contributed by atoms with Gasteiger partial charge in [0.1, 0.15) is 5.82 Å². The van der Waals surface area contributed by atoms with E-state index < -0.39 is 0 Å². The first kappa shape index (κ1) is 14.3. The minimum Gasteiger partial charge on any atom is -0.397 e. The molecule has 0 bridgehead atoms. The molecule has 1 rings (SSSR count). The van der Waals surface area contributed by atoms with E-state index in [0.717, 1.165) is 30.9 Å². The highest BCUT2D eigenvalue weighted by molar-refractivity contribution is 5.75. The average molecular weight is 250 g/mol. The van der Waals surface area contributed by atoms with E-state index in [2.05, 4.69) is 15.6 Å². The standard InChI is InChI=1S/C13H22N4O/c1-3-5-13(18)16-9-4-8-15-12-7-6-11(14)10(2)17-12/h6-7H,3-5,8-9,14H2,1-2H3,(H,15,17)(H,16,18). The number of nitrogens with zero attached hydrogens (tertiary/aromatic N) is 1. The summed E-state index contributed by atoms with van der Waals surface area (Å²) >= 11 is 0. The van der Waals surface area contributed by atoms with Crippen LogP contribution in [-0.2, 0) is 4.79 Å². The Labute approximate surface area is 108 Å². The first-order valence-corrected chi connectivity index (χ1v) is 6.37. The number of carbonyl (C=O) groups excluding carboxylic acids is 1. The summed E-state index contributed by atoms with van der Waals surface area (Å²) in [6.45, 7) is 5.35. The zero-order chi connectivity index (χ0) is 13.4. The molecule has 1 heterocycles. The van der Waals surface area contributed by atoms with Gasteiger partial charge in [-0.2, -0.15) is 0 Å². The number of hydrogen-bond acceptors (Lipinski definition) is 4. The highest BCUT2D eigenvalue weighted by Gasteiger charge is 1.99. The van der Waals surface area contributed by atoms with Gasteiger partial charge in [-0.05, 0) is 31.9 Å². The van der Waals surface area contributed by atoms with Gasteiger partial charge in [-0.3, -0.25) is 4.79 Å². The van der Waals surface area contributed by atoms with E-state index in [0.29, 0.717) is 18.7 Å². The third-order valence-corrected chi connectivity index (χ3v) is 2.59. The summed E-state index contributed by atoms with van der Waals surface area (Å²) in [6, 6.07) is 3.70. The average Bonchev–Trinajstić information content (AvgIpc) is 2.33. The molecule has 0 atom stereocenters. The molecule has 1 amide bonds. The van der Waals surface area contributed by atoms with Crippen LogP contribution in [0.5, 0.6) is 0 Å². The number of carbonyl (C=O) groups is 1. The lowest BCUT2D eigenvalue weighted by molar-refractivity contribution is -0.121. The molecular weight excluding hydrogens is 228 g/mol. The molecule has 5 heteroatoms. The SMILES string of the molecule is CCCC(=O)NCCCNc1ccc(N)c(C)n1. The fourth-order valence-electron chi connectivity index (χ4n) is 1.52. The van der Waals surface area contributed by atoms with Gasteiger partial charge in [-0.25, -0.2) is 4.98 Å². The molecule has 0 spiro atoms. The van der Waals surface area contributed by atoms with Crippen molar-refractivity contribution in [3.63, 3.8) is 0 Å². The van der Waals surface area contributed by atoms with Crippen molar-refractivity contribution in [2.75, 3.05) is 24.1 Å². The topological polar surface area (TPSA) is 80.0 Å². The Kier molecular flexibility index (Phi) is 5.97. The lowest BCUT2D eigenvalue weighted by atomic mass is 10.3. The summed E-state index contributed by atoms with van der Waals surface area (Å²) in [7, 11) is 0. The second-order valence-electron chi connectivity index (χ2n) is 4.25. The molecule has 1 aromatic heterocycles. The number of rotatable bonds is 7. The monoisotopic (exact) mass is 250 g/mol. The molecule has 5 nitrogen and oxygen atoms in total. The van der Waals surface area contributed by atoms with Crippen molar-refractivity contribution in [3.8, 4) is 0 Å². The van der Waals surface area contributed by atoms with Crippen LogP contribution in [0.1, 0.15) is 31.9 Å². The summed E-state index contributed by atoms with van der Waals surface area (Å²) in [4.78, 5) is 15.5. The minimum atomic E-state index is 0.124. The number of pyridine rings is 1. The quantitative estimate of drug-likeness (QED) is 0.643. The van der Waals surface area contributed by atoms with E-state index in [1.165, 1.54) is 0 Å². The Morgan fingerprint density at radius 2 is 2.17 bits per heavy atom. The molecule has 4 N–H and O–H groups in total. The van der Waals surface area contributed by atoms with Crippen LogP contribution in [0.3, 0.4) is 0 Å². The van der Waals surface area contributed by atoms with E-state index >= 15 is 0 Å². The summed E-state index contributed by atoms with van der Waals surface area (Å²) in [5, 5.41) is 6.07. The molecule has 100 valence electrons. The number of aromatic nitrogens is 1. The van der Waals surface area contributed by atoms with Crippen LogP contribution in [0.25, 0.3) is 0 Å². The maximum absolute atomic E-state index is 11.2. The van der Waals surface area contributed by atoms with Gasteiger partial charge >= 0.3 is 0 Å². The summed E-state index contributed by atoms with van der Waals surface area (Å²) in [5.74, 6) is 0.945. The molecule has 1 aromatic rings. The first-order chi connectivity index (χ1) is 8.63. The smallest absolute Gasteiger partial charge is 0.219 e. The van der Waals surface area contributed by atoms with Crippen LogP contribution in [0, 0.1) is 6.92 Å². The van der Waals surface area contributed by atoms with Crippen molar-refractivity contribution < 1.29 is 4.79 Å². The fraction of sp³-hybridized carbons (Fsp3) is 0.538. The van der Waals surface area contributed by atoms with Gasteiger partial charge in [0, 0.05) is 19.5 Å². The Bertz CT molecular complexity index is 393. The molecule has 0 aliphatic rings. The Morgan fingerprint density at radius 3 is 2.83 bits per heavy atom. The first-order valence-electron chi connectivity index (χ1n) is 6.37. The molecule has 0 saturated heterocycles. The Hall–Kier alpha value is -1.78. The maximum atomic E-state index is 11.2. The van der Waals surface area contributed by atoms with Crippen molar-refractivity contribution in [2.24, 2.45) is 0 Å². The van der Waals surface area contributed by atoms with Gasteiger partial charge in [0.25, 0.3) is 0 Å². The summed E-state index contributed by atoms with van der Waals surface area (Å²) < 4.78 is 0. The summed E-state index contributed by atoms with van der Waals surface area (Å²) in [5.41, 5.74) is 7.22. The normalized spacial score (nSPS) is 10.1. The van der Waals surface area contributed by atoms with Crippen LogP contribution < -0.4 is 16.4 Å². The van der Waals surface area contributed by atoms with Crippen molar-refractivity contribution in [3.05, 3.63) is 17.8 Å². The van der Waals surface area contributed by atoms with Crippen molar-refractivity contribution in [2.45, 2.75) is 33.1 Å². The largest absolute Gasteiger partial charge is 0.397 e. The van der Waals surface area contributed by atoms with Gasteiger partial charge < -0.3 is 16.4 Å². The lowest BCUT2D eigenvalue weighted by Crippen LogP contribution is -2.25. The Morgan fingerprint density at radius 1 is 1.39 bits per heavy atom. The molecular formula is C13H22N4O. The number of nitrogens with two attached hydrogens (primary N) is 1.